The van der Waals surface area contributed by atoms with E-state index in [0.717, 1.165) is 33.7 Å². The highest BCUT2D eigenvalue weighted by atomic mass is 16.5. The molecule has 2 heterocycles. The Labute approximate surface area is 117 Å². The Balaban J connectivity index is 1.85. The van der Waals surface area contributed by atoms with Crippen molar-refractivity contribution in [3.05, 3.63) is 59.7 Å². The summed E-state index contributed by atoms with van der Waals surface area (Å²) in [6.07, 6.45) is 1.66. The molecule has 3 rings (SSSR count). The number of para-hydroxylation sites is 1. The van der Waals surface area contributed by atoms with Crippen molar-refractivity contribution in [3.8, 4) is 5.75 Å². The molecule has 0 aliphatic heterocycles. The van der Waals surface area contributed by atoms with E-state index in [-0.39, 0.29) is 0 Å². The fourth-order valence-electron chi connectivity index (χ4n) is 2.09. The highest BCUT2D eigenvalue weighted by Crippen LogP contribution is 2.25. The SMILES string of the molecule is Cc1ccc2cccc(OCc3cc(CN)co3)c2n1. The average Bonchev–Trinajstić information content (AvgIpc) is 2.93. The van der Waals surface area contributed by atoms with Crippen molar-refractivity contribution in [2.24, 2.45) is 5.73 Å². The number of rotatable bonds is 4. The number of aromatic nitrogens is 1. The number of hydrogen-bond donors (Lipinski definition) is 1. The Hall–Kier alpha value is -2.33. The first-order valence-corrected chi connectivity index (χ1v) is 6.52. The van der Waals surface area contributed by atoms with Gasteiger partial charge in [-0.05, 0) is 25.1 Å². The van der Waals surface area contributed by atoms with Crippen molar-refractivity contribution in [1.82, 2.24) is 4.98 Å². The molecule has 0 bridgehead atoms. The molecule has 0 atom stereocenters. The van der Waals surface area contributed by atoms with Gasteiger partial charge in [-0.15, -0.1) is 0 Å². The molecule has 0 aliphatic rings. The molecule has 0 amide bonds. The van der Waals surface area contributed by atoms with E-state index in [9.17, 15) is 0 Å². The minimum absolute atomic E-state index is 0.370. The van der Waals surface area contributed by atoms with E-state index in [1.807, 2.05) is 43.3 Å². The summed E-state index contributed by atoms with van der Waals surface area (Å²) in [4.78, 5) is 4.53. The second-order valence-electron chi connectivity index (χ2n) is 4.69. The first-order chi connectivity index (χ1) is 9.76. The van der Waals surface area contributed by atoms with Gasteiger partial charge in [-0.1, -0.05) is 18.2 Å². The lowest BCUT2D eigenvalue weighted by Gasteiger charge is -2.07. The quantitative estimate of drug-likeness (QED) is 0.789. The lowest BCUT2D eigenvalue weighted by Crippen LogP contribution is -1.97. The molecule has 4 nitrogen and oxygen atoms in total. The summed E-state index contributed by atoms with van der Waals surface area (Å²) in [6.45, 7) is 2.81. The molecule has 0 saturated carbocycles. The molecular weight excluding hydrogens is 252 g/mol. The molecule has 102 valence electrons. The van der Waals surface area contributed by atoms with Gasteiger partial charge in [0.05, 0.1) is 6.26 Å². The maximum atomic E-state index is 5.82. The summed E-state index contributed by atoms with van der Waals surface area (Å²) in [5.74, 6) is 1.52. The molecular formula is C16H16N2O2. The molecule has 0 radical (unpaired) electrons. The standard InChI is InChI=1S/C16H16N2O2/c1-11-5-6-13-3-2-4-15(16(13)18-11)20-10-14-7-12(8-17)9-19-14/h2-7,9H,8,10,17H2,1H3. The Bertz CT molecular complexity index is 734. The van der Waals surface area contributed by atoms with Gasteiger partial charge in [-0.2, -0.15) is 0 Å². The van der Waals surface area contributed by atoms with Gasteiger partial charge in [-0.25, -0.2) is 4.98 Å². The summed E-state index contributed by atoms with van der Waals surface area (Å²) in [5, 5.41) is 1.06. The number of furan rings is 1. The van der Waals surface area contributed by atoms with E-state index in [2.05, 4.69) is 4.98 Å². The summed E-state index contributed by atoms with van der Waals surface area (Å²) < 4.78 is 11.2. The second kappa shape index (κ2) is 5.35. The van der Waals surface area contributed by atoms with Crippen LogP contribution in [0.3, 0.4) is 0 Å². The Morgan fingerprint density at radius 3 is 2.95 bits per heavy atom. The van der Waals surface area contributed by atoms with Crippen molar-refractivity contribution in [2.45, 2.75) is 20.1 Å². The van der Waals surface area contributed by atoms with Crippen LogP contribution < -0.4 is 10.5 Å². The summed E-state index contributed by atoms with van der Waals surface area (Å²) in [7, 11) is 0. The first kappa shape index (κ1) is 12.7. The largest absolute Gasteiger partial charge is 0.483 e. The summed E-state index contributed by atoms with van der Waals surface area (Å²) in [5.41, 5.74) is 8.36. The number of fused-ring (bicyclic) bond motifs is 1. The van der Waals surface area contributed by atoms with Crippen LogP contribution in [0.25, 0.3) is 10.9 Å². The van der Waals surface area contributed by atoms with Crippen LogP contribution in [-0.2, 0) is 13.2 Å². The van der Waals surface area contributed by atoms with Gasteiger partial charge in [0.25, 0.3) is 0 Å². The minimum atomic E-state index is 0.370. The fraction of sp³-hybridized carbons (Fsp3) is 0.188. The first-order valence-electron chi connectivity index (χ1n) is 6.52. The number of pyridine rings is 1. The van der Waals surface area contributed by atoms with Crippen LogP contribution in [0, 0.1) is 6.92 Å². The summed E-state index contributed by atoms with van der Waals surface area (Å²) >= 11 is 0. The predicted octanol–water partition coefficient (Wildman–Crippen LogP) is 3.17. The summed E-state index contributed by atoms with van der Waals surface area (Å²) in [6, 6.07) is 11.8. The number of aryl methyl sites for hydroxylation is 1. The molecule has 4 heteroatoms. The lowest BCUT2D eigenvalue weighted by atomic mass is 10.2. The highest BCUT2D eigenvalue weighted by molar-refractivity contribution is 5.84. The van der Waals surface area contributed by atoms with Gasteiger partial charge in [0, 0.05) is 23.2 Å². The average molecular weight is 268 g/mol. The molecule has 0 saturated heterocycles. The molecule has 0 spiro atoms. The van der Waals surface area contributed by atoms with Crippen LogP contribution in [0.1, 0.15) is 17.0 Å². The Morgan fingerprint density at radius 1 is 1.25 bits per heavy atom. The molecule has 20 heavy (non-hydrogen) atoms. The van der Waals surface area contributed by atoms with Crippen LogP contribution in [0.15, 0.2) is 47.1 Å². The number of nitrogens with zero attached hydrogens (tertiary/aromatic N) is 1. The van der Waals surface area contributed by atoms with Crippen LogP contribution in [-0.4, -0.2) is 4.98 Å². The van der Waals surface area contributed by atoms with E-state index in [4.69, 9.17) is 14.9 Å². The monoisotopic (exact) mass is 268 g/mol. The van der Waals surface area contributed by atoms with Crippen LogP contribution in [0.2, 0.25) is 0 Å². The zero-order valence-corrected chi connectivity index (χ0v) is 11.3. The van der Waals surface area contributed by atoms with Crippen LogP contribution >= 0.6 is 0 Å². The maximum Gasteiger partial charge on any atom is 0.146 e. The molecule has 1 aromatic carbocycles. The van der Waals surface area contributed by atoms with Crippen molar-refractivity contribution in [2.75, 3.05) is 0 Å². The van der Waals surface area contributed by atoms with E-state index < -0.39 is 0 Å². The molecule has 3 aromatic rings. The third-order valence-electron chi connectivity index (χ3n) is 3.14. The van der Waals surface area contributed by atoms with Crippen LogP contribution in [0.4, 0.5) is 0 Å². The van der Waals surface area contributed by atoms with Gasteiger partial charge < -0.3 is 14.9 Å². The lowest BCUT2D eigenvalue weighted by molar-refractivity contribution is 0.273. The minimum Gasteiger partial charge on any atom is -0.483 e. The fourth-order valence-corrected chi connectivity index (χ4v) is 2.09. The predicted molar refractivity (Wildman–Crippen MR) is 77.4 cm³/mol. The normalized spacial score (nSPS) is 10.9. The third-order valence-corrected chi connectivity index (χ3v) is 3.14. The zero-order valence-electron chi connectivity index (χ0n) is 11.3. The van der Waals surface area contributed by atoms with Crippen molar-refractivity contribution < 1.29 is 9.15 Å². The van der Waals surface area contributed by atoms with E-state index in [1.165, 1.54) is 0 Å². The molecule has 0 unspecified atom stereocenters. The Morgan fingerprint density at radius 2 is 2.15 bits per heavy atom. The zero-order chi connectivity index (χ0) is 13.9. The van der Waals surface area contributed by atoms with Gasteiger partial charge >= 0.3 is 0 Å². The highest BCUT2D eigenvalue weighted by Gasteiger charge is 2.06. The second-order valence-corrected chi connectivity index (χ2v) is 4.69. The third kappa shape index (κ3) is 2.51. The van der Waals surface area contributed by atoms with Gasteiger partial charge in [0.15, 0.2) is 0 Å². The van der Waals surface area contributed by atoms with E-state index in [0.29, 0.717) is 13.2 Å². The molecule has 0 fully saturated rings. The van der Waals surface area contributed by atoms with E-state index >= 15 is 0 Å². The maximum absolute atomic E-state index is 5.82. The number of nitrogens with two attached hydrogens (primary N) is 1. The van der Waals surface area contributed by atoms with Crippen molar-refractivity contribution in [1.29, 1.82) is 0 Å². The molecule has 0 aliphatic carbocycles. The molecule has 2 N–H and O–H groups in total. The van der Waals surface area contributed by atoms with Crippen LogP contribution in [0.5, 0.6) is 5.75 Å². The topological polar surface area (TPSA) is 61.3 Å². The molecule has 2 aromatic heterocycles. The van der Waals surface area contributed by atoms with Gasteiger partial charge in [0.1, 0.15) is 23.6 Å². The smallest absolute Gasteiger partial charge is 0.146 e. The van der Waals surface area contributed by atoms with Crippen molar-refractivity contribution in [3.63, 3.8) is 0 Å². The van der Waals surface area contributed by atoms with E-state index in [1.54, 1.807) is 6.26 Å². The number of ether oxygens (including phenoxy) is 1. The van der Waals surface area contributed by atoms with Gasteiger partial charge in [0.2, 0.25) is 0 Å². The van der Waals surface area contributed by atoms with Crippen molar-refractivity contribution >= 4 is 10.9 Å². The van der Waals surface area contributed by atoms with Gasteiger partial charge in [-0.3, -0.25) is 0 Å². The number of benzene rings is 1. The number of hydrogen-bond acceptors (Lipinski definition) is 4. The Kier molecular flexibility index (Phi) is 3.39.